The second-order valence-electron chi connectivity index (χ2n) is 10.7. The summed E-state index contributed by atoms with van der Waals surface area (Å²) in [5.41, 5.74) is 3.78. The summed E-state index contributed by atoms with van der Waals surface area (Å²) in [5, 5.41) is 0. The Bertz CT molecular complexity index is 769. The van der Waals surface area contributed by atoms with Crippen molar-refractivity contribution in [3.63, 3.8) is 0 Å². The van der Waals surface area contributed by atoms with Crippen LogP contribution in [-0.4, -0.2) is 12.1 Å². The van der Waals surface area contributed by atoms with Gasteiger partial charge in [-0.3, -0.25) is 4.98 Å². The Balaban J connectivity index is 1.44. The number of methoxy groups -OCH3 is 1. The van der Waals surface area contributed by atoms with E-state index in [0.717, 1.165) is 29.4 Å². The third-order valence-corrected chi connectivity index (χ3v) is 9.67. The predicted octanol–water partition coefficient (Wildman–Crippen LogP) is 6.91. The summed E-state index contributed by atoms with van der Waals surface area (Å²) in [6, 6.07) is 2.20. The van der Waals surface area contributed by atoms with Crippen LogP contribution in [-0.2, 0) is 0 Å². The van der Waals surface area contributed by atoms with Gasteiger partial charge in [0.1, 0.15) is 5.75 Å². The molecule has 0 radical (unpaired) electrons. The lowest BCUT2D eigenvalue weighted by molar-refractivity contribution is -0.0808. The molecule has 0 aliphatic heterocycles. The predicted molar refractivity (Wildman–Crippen MR) is 115 cm³/mol. The van der Waals surface area contributed by atoms with Crippen molar-refractivity contribution in [2.75, 3.05) is 7.11 Å². The van der Waals surface area contributed by atoms with Gasteiger partial charge in [-0.15, -0.1) is 0 Å². The summed E-state index contributed by atoms with van der Waals surface area (Å²) in [7, 11) is 1.74. The Morgan fingerprint density at radius 1 is 0.964 bits per heavy atom. The monoisotopic (exact) mass is 379 g/mol. The van der Waals surface area contributed by atoms with Crippen LogP contribution >= 0.6 is 0 Å². The van der Waals surface area contributed by atoms with E-state index >= 15 is 0 Å². The average Bonchev–Trinajstić information content (AvgIpc) is 2.94. The van der Waals surface area contributed by atoms with Crippen LogP contribution in [0.3, 0.4) is 0 Å². The molecule has 0 aromatic carbocycles. The molecule has 28 heavy (non-hydrogen) atoms. The first kappa shape index (κ1) is 18.7. The molecule has 152 valence electrons. The van der Waals surface area contributed by atoms with E-state index in [-0.39, 0.29) is 0 Å². The summed E-state index contributed by atoms with van der Waals surface area (Å²) in [4.78, 5) is 4.46. The van der Waals surface area contributed by atoms with Crippen LogP contribution in [0, 0.1) is 34.5 Å². The zero-order valence-electron chi connectivity index (χ0n) is 18.0. The summed E-state index contributed by atoms with van der Waals surface area (Å²) in [5.74, 6) is 4.58. The van der Waals surface area contributed by atoms with Gasteiger partial charge in [0.15, 0.2) is 0 Å². The fraction of sp³-hybridized carbons (Fsp3) is 0.731. The number of hydrogen-bond acceptors (Lipinski definition) is 2. The number of ether oxygens (including phenoxy) is 1. The van der Waals surface area contributed by atoms with Gasteiger partial charge in [-0.25, -0.2) is 0 Å². The van der Waals surface area contributed by atoms with Gasteiger partial charge in [-0.1, -0.05) is 39.2 Å². The Morgan fingerprint density at radius 2 is 1.86 bits per heavy atom. The molecule has 0 unspecified atom stereocenters. The van der Waals surface area contributed by atoms with Gasteiger partial charge < -0.3 is 4.74 Å². The van der Waals surface area contributed by atoms with Gasteiger partial charge in [-0.05, 0) is 96.7 Å². The summed E-state index contributed by atoms with van der Waals surface area (Å²) < 4.78 is 5.46. The number of rotatable bonds is 2. The minimum atomic E-state index is 0.323. The number of aromatic nitrogens is 1. The highest BCUT2D eigenvalue weighted by molar-refractivity contribution is 5.73. The third kappa shape index (κ3) is 2.70. The van der Waals surface area contributed by atoms with Crippen molar-refractivity contribution < 1.29 is 4.74 Å². The molecule has 6 atom stereocenters. The van der Waals surface area contributed by atoms with Crippen LogP contribution in [0.1, 0.15) is 83.6 Å². The highest BCUT2D eigenvalue weighted by Crippen LogP contribution is 2.67. The number of hydrogen-bond donors (Lipinski definition) is 0. The van der Waals surface area contributed by atoms with E-state index < -0.39 is 0 Å². The van der Waals surface area contributed by atoms with Crippen LogP contribution in [0.25, 0.3) is 5.57 Å². The zero-order valence-corrected chi connectivity index (χ0v) is 18.0. The zero-order chi connectivity index (χ0) is 19.4. The number of allylic oxidation sites excluding steroid dienone is 2. The number of fused-ring (bicyclic) bond motifs is 5. The van der Waals surface area contributed by atoms with E-state index in [9.17, 15) is 0 Å². The molecule has 0 amide bonds. The number of pyridine rings is 1. The second kappa shape index (κ2) is 6.89. The lowest BCUT2D eigenvalue weighted by atomic mass is 9.46. The van der Waals surface area contributed by atoms with E-state index in [4.69, 9.17) is 4.74 Å². The molecule has 1 aromatic heterocycles. The highest BCUT2D eigenvalue weighted by atomic mass is 16.5. The molecule has 4 aliphatic carbocycles. The minimum Gasteiger partial charge on any atom is -0.495 e. The molecule has 0 N–H and O–H groups in total. The first-order valence-electron chi connectivity index (χ1n) is 11.8. The Morgan fingerprint density at radius 3 is 2.71 bits per heavy atom. The van der Waals surface area contributed by atoms with Crippen LogP contribution in [0.4, 0.5) is 0 Å². The van der Waals surface area contributed by atoms with E-state index in [2.05, 4.69) is 37.2 Å². The molecule has 1 aromatic rings. The fourth-order valence-corrected chi connectivity index (χ4v) is 8.16. The molecule has 0 saturated heterocycles. The Kier molecular flexibility index (Phi) is 4.60. The number of nitrogens with zero attached hydrogens (tertiary/aromatic N) is 1. The van der Waals surface area contributed by atoms with Gasteiger partial charge in [0.25, 0.3) is 0 Å². The molecule has 4 aliphatic rings. The summed E-state index contributed by atoms with van der Waals surface area (Å²) in [6.07, 6.45) is 20.9. The molecule has 3 fully saturated rings. The van der Waals surface area contributed by atoms with Gasteiger partial charge in [0, 0.05) is 6.20 Å². The normalized spacial score (nSPS) is 42.6. The molecular weight excluding hydrogens is 342 g/mol. The first-order chi connectivity index (χ1) is 13.6. The van der Waals surface area contributed by atoms with Crippen LogP contribution in [0.5, 0.6) is 5.75 Å². The molecule has 0 bridgehead atoms. The van der Waals surface area contributed by atoms with Crippen molar-refractivity contribution in [1.82, 2.24) is 4.98 Å². The topological polar surface area (TPSA) is 22.1 Å². The summed E-state index contributed by atoms with van der Waals surface area (Å²) >= 11 is 0. The maximum absolute atomic E-state index is 5.46. The maximum atomic E-state index is 5.46. The minimum absolute atomic E-state index is 0.323. The molecular formula is C26H37NO. The first-order valence-corrected chi connectivity index (χ1v) is 11.8. The van der Waals surface area contributed by atoms with E-state index in [1.54, 1.807) is 12.7 Å². The molecule has 3 saturated carbocycles. The van der Waals surface area contributed by atoms with Gasteiger partial charge >= 0.3 is 0 Å². The maximum Gasteiger partial charge on any atom is 0.137 e. The van der Waals surface area contributed by atoms with Gasteiger partial charge in [-0.2, -0.15) is 0 Å². The third-order valence-electron chi connectivity index (χ3n) is 9.67. The SMILES string of the molecule is COc1cncc(C2=CC[C@H]3[C@@H]4CC[C@H]5CCCCC[C@]5(C)[C@H]4CC[C@]23C)c1. The van der Waals surface area contributed by atoms with Gasteiger partial charge in [0.2, 0.25) is 0 Å². The van der Waals surface area contributed by atoms with Crippen molar-refractivity contribution in [3.05, 3.63) is 30.1 Å². The largest absolute Gasteiger partial charge is 0.495 e. The quantitative estimate of drug-likeness (QED) is 0.557. The van der Waals surface area contributed by atoms with Crippen molar-refractivity contribution in [1.29, 1.82) is 0 Å². The van der Waals surface area contributed by atoms with Crippen molar-refractivity contribution in [2.24, 2.45) is 34.5 Å². The molecule has 2 heteroatoms. The fourth-order valence-electron chi connectivity index (χ4n) is 8.16. The van der Waals surface area contributed by atoms with Crippen molar-refractivity contribution in [2.45, 2.75) is 78.1 Å². The Labute approximate surface area is 171 Å². The average molecular weight is 380 g/mol. The van der Waals surface area contributed by atoms with Crippen molar-refractivity contribution in [3.8, 4) is 5.75 Å². The summed E-state index contributed by atoms with van der Waals surface area (Å²) in [6.45, 7) is 5.26. The lowest BCUT2D eigenvalue weighted by Crippen LogP contribution is -2.51. The van der Waals surface area contributed by atoms with Crippen molar-refractivity contribution >= 4 is 5.57 Å². The lowest BCUT2D eigenvalue weighted by Gasteiger charge is -2.59. The van der Waals surface area contributed by atoms with Crippen LogP contribution in [0.2, 0.25) is 0 Å². The van der Waals surface area contributed by atoms with E-state index in [1.165, 1.54) is 69.8 Å². The molecule has 0 spiro atoms. The molecule has 2 nitrogen and oxygen atoms in total. The van der Waals surface area contributed by atoms with Crippen LogP contribution in [0.15, 0.2) is 24.5 Å². The smallest absolute Gasteiger partial charge is 0.137 e. The molecule has 1 heterocycles. The van der Waals surface area contributed by atoms with E-state index in [1.807, 2.05) is 6.20 Å². The highest BCUT2D eigenvalue weighted by Gasteiger charge is 2.57. The second-order valence-corrected chi connectivity index (χ2v) is 10.7. The Hall–Kier alpha value is -1.31. The van der Waals surface area contributed by atoms with E-state index in [0.29, 0.717) is 10.8 Å². The van der Waals surface area contributed by atoms with Gasteiger partial charge in [0.05, 0.1) is 13.3 Å². The molecule has 5 rings (SSSR count). The standard InChI is InChI=1S/C26H37NO/c1-25-13-6-4-5-7-19(25)8-9-21-23-11-10-22(26(23,2)14-12-24(21)25)18-15-20(28-3)17-27-16-18/h10,15-17,19,21,23-24H,4-9,11-14H2,1-3H3/t19-,21+,23+,24+,25+,26-/m1/s1. The van der Waals surface area contributed by atoms with Crippen LogP contribution < -0.4 is 4.74 Å².